The van der Waals surface area contributed by atoms with Crippen molar-refractivity contribution >= 4 is 16.0 Å². The molecule has 130 valence electrons. The predicted molar refractivity (Wildman–Crippen MR) is 92.3 cm³/mol. The average molecular weight is 357 g/mol. The SMILES string of the molecule is O=C1CC[C@@H]([C@@H]2c3ccccc3CCN2S(=O)(=O)c2ccccc2)O1. The van der Waals surface area contributed by atoms with Gasteiger partial charge in [0.05, 0.1) is 10.9 Å². The highest BCUT2D eigenvalue weighted by molar-refractivity contribution is 7.89. The zero-order valence-electron chi connectivity index (χ0n) is 13.7. The van der Waals surface area contributed by atoms with Gasteiger partial charge in [0, 0.05) is 13.0 Å². The van der Waals surface area contributed by atoms with Crippen molar-refractivity contribution < 1.29 is 17.9 Å². The predicted octanol–water partition coefficient (Wildman–Crippen LogP) is 2.68. The van der Waals surface area contributed by atoms with Gasteiger partial charge in [0.15, 0.2) is 0 Å². The van der Waals surface area contributed by atoms with E-state index in [4.69, 9.17) is 4.74 Å². The fourth-order valence-electron chi connectivity index (χ4n) is 3.73. The zero-order valence-corrected chi connectivity index (χ0v) is 14.5. The highest BCUT2D eigenvalue weighted by Gasteiger charge is 2.44. The molecule has 0 radical (unpaired) electrons. The van der Waals surface area contributed by atoms with Gasteiger partial charge in [-0.15, -0.1) is 0 Å². The van der Waals surface area contributed by atoms with Crippen molar-refractivity contribution in [3.8, 4) is 0 Å². The lowest BCUT2D eigenvalue weighted by atomic mass is 9.90. The zero-order chi connectivity index (χ0) is 17.4. The fourth-order valence-corrected chi connectivity index (χ4v) is 5.38. The molecule has 2 atom stereocenters. The molecule has 2 aromatic rings. The maximum atomic E-state index is 13.2. The van der Waals surface area contributed by atoms with Gasteiger partial charge >= 0.3 is 5.97 Å². The van der Waals surface area contributed by atoms with E-state index in [0.29, 0.717) is 25.8 Å². The molecule has 1 saturated heterocycles. The summed E-state index contributed by atoms with van der Waals surface area (Å²) in [6.07, 6.45) is 1.09. The number of sulfonamides is 1. The summed E-state index contributed by atoms with van der Waals surface area (Å²) in [6, 6.07) is 15.8. The molecule has 0 aliphatic carbocycles. The van der Waals surface area contributed by atoms with Gasteiger partial charge in [0.25, 0.3) is 0 Å². The minimum atomic E-state index is -3.67. The molecule has 0 N–H and O–H groups in total. The highest BCUT2D eigenvalue weighted by Crippen LogP contribution is 2.40. The molecule has 0 amide bonds. The van der Waals surface area contributed by atoms with E-state index in [1.54, 1.807) is 30.3 Å². The normalized spacial score (nSPS) is 23.9. The lowest BCUT2D eigenvalue weighted by Gasteiger charge is -2.38. The Balaban J connectivity index is 1.80. The third kappa shape index (κ3) is 2.85. The summed E-state index contributed by atoms with van der Waals surface area (Å²) in [5.74, 6) is -0.259. The number of nitrogens with zero attached hydrogens (tertiary/aromatic N) is 1. The van der Waals surface area contributed by atoms with Gasteiger partial charge in [-0.05, 0) is 36.1 Å². The number of carbonyl (C=O) groups is 1. The first-order valence-electron chi connectivity index (χ1n) is 8.41. The van der Waals surface area contributed by atoms with E-state index in [1.165, 1.54) is 4.31 Å². The number of benzene rings is 2. The molecule has 2 aliphatic rings. The molecule has 0 unspecified atom stereocenters. The van der Waals surface area contributed by atoms with Gasteiger partial charge in [0.1, 0.15) is 6.10 Å². The number of cyclic esters (lactones) is 1. The van der Waals surface area contributed by atoms with E-state index in [0.717, 1.165) is 11.1 Å². The Labute approximate surface area is 147 Å². The van der Waals surface area contributed by atoms with Crippen LogP contribution in [0.25, 0.3) is 0 Å². The van der Waals surface area contributed by atoms with E-state index in [1.807, 2.05) is 24.3 Å². The second kappa shape index (κ2) is 6.28. The van der Waals surface area contributed by atoms with E-state index < -0.39 is 22.2 Å². The Kier molecular flexibility index (Phi) is 4.09. The van der Waals surface area contributed by atoms with Crippen LogP contribution in [0.4, 0.5) is 0 Å². The summed E-state index contributed by atoms with van der Waals surface area (Å²) in [5.41, 5.74) is 2.06. The summed E-state index contributed by atoms with van der Waals surface area (Å²) in [5, 5.41) is 0. The van der Waals surface area contributed by atoms with Crippen LogP contribution in [-0.2, 0) is 26.0 Å². The summed E-state index contributed by atoms with van der Waals surface area (Å²) in [6.45, 7) is 0.382. The van der Waals surface area contributed by atoms with Crippen molar-refractivity contribution in [2.75, 3.05) is 6.54 Å². The molecular weight excluding hydrogens is 338 g/mol. The third-order valence-electron chi connectivity index (χ3n) is 4.90. The summed E-state index contributed by atoms with van der Waals surface area (Å²) in [7, 11) is -3.67. The lowest BCUT2D eigenvalue weighted by Crippen LogP contribution is -2.45. The second-order valence-corrected chi connectivity index (χ2v) is 8.28. The van der Waals surface area contributed by atoms with Crippen LogP contribution in [0.3, 0.4) is 0 Å². The van der Waals surface area contributed by atoms with Crippen LogP contribution in [-0.4, -0.2) is 31.3 Å². The molecule has 0 spiro atoms. The monoisotopic (exact) mass is 357 g/mol. The molecule has 5 nitrogen and oxygen atoms in total. The van der Waals surface area contributed by atoms with E-state index in [-0.39, 0.29) is 10.9 Å². The van der Waals surface area contributed by atoms with Crippen molar-refractivity contribution in [1.82, 2.24) is 4.31 Å². The second-order valence-electron chi connectivity index (χ2n) is 6.39. The van der Waals surface area contributed by atoms with Gasteiger partial charge in [-0.2, -0.15) is 4.31 Å². The first-order valence-corrected chi connectivity index (χ1v) is 9.85. The summed E-state index contributed by atoms with van der Waals surface area (Å²) < 4.78 is 33.4. The lowest BCUT2D eigenvalue weighted by molar-refractivity contribution is -0.143. The Hall–Kier alpha value is -2.18. The number of hydrogen-bond donors (Lipinski definition) is 0. The van der Waals surface area contributed by atoms with Crippen LogP contribution in [0.2, 0.25) is 0 Å². The number of ether oxygens (including phenoxy) is 1. The van der Waals surface area contributed by atoms with Crippen molar-refractivity contribution in [2.45, 2.75) is 36.3 Å². The van der Waals surface area contributed by atoms with E-state index >= 15 is 0 Å². The third-order valence-corrected chi connectivity index (χ3v) is 6.80. The Morgan fingerprint density at radius 3 is 2.40 bits per heavy atom. The van der Waals surface area contributed by atoms with Gasteiger partial charge in [0.2, 0.25) is 10.0 Å². The Morgan fingerprint density at radius 2 is 1.68 bits per heavy atom. The topological polar surface area (TPSA) is 63.7 Å². The van der Waals surface area contributed by atoms with Crippen molar-refractivity contribution in [1.29, 1.82) is 0 Å². The van der Waals surface area contributed by atoms with Gasteiger partial charge < -0.3 is 4.74 Å². The van der Waals surface area contributed by atoms with Gasteiger partial charge in [-0.25, -0.2) is 8.42 Å². The van der Waals surface area contributed by atoms with E-state index in [9.17, 15) is 13.2 Å². The van der Waals surface area contributed by atoms with Crippen molar-refractivity contribution in [3.05, 3.63) is 65.7 Å². The molecule has 0 bridgehead atoms. The first-order chi connectivity index (χ1) is 12.1. The van der Waals surface area contributed by atoms with Crippen LogP contribution in [0, 0.1) is 0 Å². The van der Waals surface area contributed by atoms with Crippen LogP contribution >= 0.6 is 0 Å². The van der Waals surface area contributed by atoms with Crippen LogP contribution in [0.5, 0.6) is 0 Å². The maximum Gasteiger partial charge on any atom is 0.306 e. The summed E-state index contributed by atoms with van der Waals surface area (Å²) >= 11 is 0. The van der Waals surface area contributed by atoms with Gasteiger partial charge in [-0.3, -0.25) is 4.79 Å². The Bertz CT molecular complexity index is 895. The fraction of sp³-hybridized carbons (Fsp3) is 0.316. The highest BCUT2D eigenvalue weighted by atomic mass is 32.2. The number of esters is 1. The van der Waals surface area contributed by atoms with Gasteiger partial charge in [-0.1, -0.05) is 42.5 Å². The number of rotatable bonds is 3. The summed E-state index contributed by atoms with van der Waals surface area (Å²) in [4.78, 5) is 11.9. The van der Waals surface area contributed by atoms with Crippen LogP contribution in [0.15, 0.2) is 59.5 Å². The molecule has 0 aromatic heterocycles. The van der Waals surface area contributed by atoms with Crippen molar-refractivity contribution in [2.24, 2.45) is 0 Å². The molecule has 2 aromatic carbocycles. The van der Waals surface area contributed by atoms with Crippen LogP contribution in [0.1, 0.15) is 30.0 Å². The molecule has 2 heterocycles. The largest absolute Gasteiger partial charge is 0.460 e. The molecule has 4 rings (SSSR count). The molecule has 25 heavy (non-hydrogen) atoms. The molecule has 1 fully saturated rings. The number of fused-ring (bicyclic) bond motifs is 1. The minimum absolute atomic E-state index is 0.259. The molecule has 0 saturated carbocycles. The smallest absolute Gasteiger partial charge is 0.306 e. The standard InChI is InChI=1S/C19H19NO4S/c21-18-11-10-17(24-18)19-16-9-5-4-6-14(16)12-13-20(19)25(22,23)15-7-2-1-3-8-15/h1-9,17,19H,10-13H2/t17-,19-/m0/s1. The first kappa shape index (κ1) is 16.3. The molecule has 2 aliphatic heterocycles. The number of carbonyl (C=O) groups excluding carboxylic acids is 1. The van der Waals surface area contributed by atoms with Crippen molar-refractivity contribution in [3.63, 3.8) is 0 Å². The minimum Gasteiger partial charge on any atom is -0.460 e. The molecule has 6 heteroatoms. The average Bonchev–Trinajstić information content (AvgIpc) is 3.07. The maximum absolute atomic E-state index is 13.2. The Morgan fingerprint density at radius 1 is 0.960 bits per heavy atom. The van der Waals surface area contributed by atoms with E-state index in [2.05, 4.69) is 0 Å². The quantitative estimate of drug-likeness (QED) is 0.793. The molecular formula is C19H19NO4S. The van der Waals surface area contributed by atoms with Crippen LogP contribution < -0.4 is 0 Å². The number of hydrogen-bond acceptors (Lipinski definition) is 4.